The summed E-state index contributed by atoms with van der Waals surface area (Å²) in [6, 6.07) is 0. The summed E-state index contributed by atoms with van der Waals surface area (Å²) >= 11 is 3.52. The highest BCUT2D eigenvalue weighted by Crippen LogP contribution is 2.25. The number of nitrogens with zero attached hydrogens (tertiary/aromatic N) is 2. The molecule has 17 heavy (non-hydrogen) atoms. The van der Waals surface area contributed by atoms with Crippen LogP contribution in [-0.2, 0) is 5.41 Å². The van der Waals surface area contributed by atoms with Crippen LogP contribution in [0.2, 0.25) is 0 Å². The van der Waals surface area contributed by atoms with E-state index in [0.29, 0.717) is 15.1 Å². The molecule has 0 aliphatic heterocycles. The van der Waals surface area contributed by atoms with Crippen molar-refractivity contribution in [2.24, 2.45) is 0 Å². The highest BCUT2D eigenvalue weighted by molar-refractivity contribution is 14.1. The number of rotatable bonds is 1. The SMILES string of the molecule is CC(C)(C)c1nc(-c2cscn2)[nH]c(=O)c1I. The molecule has 0 aliphatic rings. The summed E-state index contributed by atoms with van der Waals surface area (Å²) in [5, 5.41) is 1.87. The fourth-order valence-electron chi connectivity index (χ4n) is 1.41. The Bertz CT molecular complexity index is 584. The highest BCUT2D eigenvalue weighted by atomic mass is 127. The van der Waals surface area contributed by atoms with Crippen molar-refractivity contribution in [2.75, 3.05) is 0 Å². The maximum absolute atomic E-state index is 11.9. The minimum absolute atomic E-state index is 0.103. The molecule has 2 heterocycles. The Hall–Kier alpha value is -0.760. The first-order valence-electron chi connectivity index (χ1n) is 5.08. The van der Waals surface area contributed by atoms with E-state index in [4.69, 9.17) is 0 Å². The molecule has 6 heteroatoms. The fraction of sp³-hybridized carbons (Fsp3) is 0.364. The number of nitrogens with one attached hydrogen (secondary N) is 1. The molecular formula is C11H12IN3OS. The van der Waals surface area contributed by atoms with Gasteiger partial charge < -0.3 is 4.98 Å². The van der Waals surface area contributed by atoms with Crippen LogP contribution in [0.1, 0.15) is 26.5 Å². The summed E-state index contributed by atoms with van der Waals surface area (Å²) in [5.41, 5.74) is 2.99. The molecule has 4 nitrogen and oxygen atoms in total. The third-order valence-electron chi connectivity index (χ3n) is 2.25. The van der Waals surface area contributed by atoms with Gasteiger partial charge in [-0.1, -0.05) is 20.8 Å². The van der Waals surface area contributed by atoms with E-state index in [0.717, 1.165) is 5.69 Å². The molecule has 0 radical (unpaired) electrons. The minimum Gasteiger partial charge on any atom is -0.304 e. The summed E-state index contributed by atoms with van der Waals surface area (Å²) in [6.07, 6.45) is 0. The van der Waals surface area contributed by atoms with Gasteiger partial charge in [0.25, 0.3) is 5.56 Å². The summed E-state index contributed by atoms with van der Waals surface area (Å²) in [4.78, 5) is 23.3. The van der Waals surface area contributed by atoms with E-state index < -0.39 is 0 Å². The van der Waals surface area contributed by atoms with Crippen molar-refractivity contribution < 1.29 is 0 Å². The first-order chi connectivity index (χ1) is 7.89. The topological polar surface area (TPSA) is 58.6 Å². The molecule has 0 fully saturated rings. The van der Waals surface area contributed by atoms with Crippen molar-refractivity contribution in [3.05, 3.63) is 30.5 Å². The lowest BCUT2D eigenvalue weighted by atomic mass is 9.92. The molecule has 0 spiro atoms. The molecule has 0 saturated carbocycles. The summed E-state index contributed by atoms with van der Waals surface area (Å²) in [7, 11) is 0. The molecule has 0 aliphatic carbocycles. The normalized spacial score (nSPS) is 11.8. The molecular weight excluding hydrogens is 349 g/mol. The lowest BCUT2D eigenvalue weighted by Crippen LogP contribution is -2.24. The summed E-state index contributed by atoms with van der Waals surface area (Å²) < 4.78 is 0.647. The van der Waals surface area contributed by atoms with Crippen LogP contribution in [0.4, 0.5) is 0 Å². The van der Waals surface area contributed by atoms with E-state index in [1.54, 1.807) is 5.51 Å². The van der Waals surface area contributed by atoms with Gasteiger partial charge in [-0.05, 0) is 22.6 Å². The van der Waals surface area contributed by atoms with Crippen LogP contribution in [-0.4, -0.2) is 15.0 Å². The quantitative estimate of drug-likeness (QED) is 0.795. The van der Waals surface area contributed by atoms with Gasteiger partial charge in [-0.15, -0.1) is 11.3 Å². The van der Waals surface area contributed by atoms with Gasteiger partial charge >= 0.3 is 0 Å². The van der Waals surface area contributed by atoms with Crippen molar-refractivity contribution in [2.45, 2.75) is 26.2 Å². The van der Waals surface area contributed by atoms with Gasteiger partial charge in [-0.3, -0.25) is 4.79 Å². The van der Waals surface area contributed by atoms with Gasteiger partial charge in [-0.2, -0.15) is 0 Å². The maximum atomic E-state index is 11.9. The number of hydrogen-bond acceptors (Lipinski definition) is 4. The largest absolute Gasteiger partial charge is 0.304 e. The Morgan fingerprint density at radius 2 is 2.12 bits per heavy atom. The van der Waals surface area contributed by atoms with Crippen molar-refractivity contribution in [1.82, 2.24) is 15.0 Å². The highest BCUT2D eigenvalue weighted by Gasteiger charge is 2.22. The van der Waals surface area contributed by atoms with E-state index in [1.807, 2.05) is 48.7 Å². The number of thiazole rings is 1. The average molecular weight is 361 g/mol. The smallest absolute Gasteiger partial charge is 0.264 e. The summed E-state index contributed by atoms with van der Waals surface area (Å²) in [6.45, 7) is 6.13. The first kappa shape index (κ1) is 12.7. The predicted molar refractivity (Wildman–Crippen MR) is 77.4 cm³/mol. The zero-order valence-electron chi connectivity index (χ0n) is 9.74. The van der Waals surface area contributed by atoms with Crippen molar-refractivity contribution in [3.8, 4) is 11.5 Å². The van der Waals surface area contributed by atoms with E-state index in [-0.39, 0.29) is 11.0 Å². The third-order valence-corrected chi connectivity index (χ3v) is 3.84. The van der Waals surface area contributed by atoms with Gasteiger partial charge in [0.15, 0.2) is 5.82 Å². The second-order valence-corrected chi connectivity index (χ2v) is 6.50. The molecule has 0 aromatic carbocycles. The second-order valence-electron chi connectivity index (χ2n) is 4.70. The Kier molecular flexibility index (Phi) is 3.35. The molecule has 90 valence electrons. The maximum Gasteiger partial charge on any atom is 0.264 e. The summed E-state index contributed by atoms with van der Waals surface area (Å²) in [5.74, 6) is 0.543. The molecule has 0 unspecified atom stereocenters. The molecule has 2 aromatic rings. The molecule has 2 rings (SSSR count). The Balaban J connectivity index is 2.67. The van der Waals surface area contributed by atoms with Crippen LogP contribution in [0.25, 0.3) is 11.5 Å². The van der Waals surface area contributed by atoms with Crippen molar-refractivity contribution in [3.63, 3.8) is 0 Å². The van der Waals surface area contributed by atoms with Gasteiger partial charge in [0, 0.05) is 10.8 Å². The number of halogens is 1. The Morgan fingerprint density at radius 1 is 1.41 bits per heavy atom. The van der Waals surface area contributed by atoms with Gasteiger partial charge in [0.2, 0.25) is 0 Å². The molecule has 2 aromatic heterocycles. The molecule has 0 amide bonds. The van der Waals surface area contributed by atoms with E-state index in [9.17, 15) is 4.79 Å². The molecule has 0 bridgehead atoms. The lowest BCUT2D eigenvalue weighted by Gasteiger charge is -2.19. The van der Waals surface area contributed by atoms with Gasteiger partial charge in [0.05, 0.1) is 11.2 Å². The van der Waals surface area contributed by atoms with Gasteiger partial charge in [0.1, 0.15) is 9.26 Å². The second kappa shape index (κ2) is 4.49. The lowest BCUT2D eigenvalue weighted by molar-refractivity contribution is 0.562. The average Bonchev–Trinajstić information content (AvgIpc) is 2.73. The number of aromatic nitrogens is 3. The third kappa shape index (κ3) is 2.57. The van der Waals surface area contributed by atoms with Crippen LogP contribution >= 0.6 is 33.9 Å². The molecule has 0 saturated heterocycles. The van der Waals surface area contributed by atoms with Crippen LogP contribution in [0.15, 0.2) is 15.7 Å². The first-order valence-corrected chi connectivity index (χ1v) is 7.10. The van der Waals surface area contributed by atoms with Gasteiger partial charge in [-0.25, -0.2) is 9.97 Å². The Labute approximate surface area is 117 Å². The van der Waals surface area contributed by atoms with Crippen LogP contribution in [0.5, 0.6) is 0 Å². The van der Waals surface area contributed by atoms with Crippen molar-refractivity contribution in [1.29, 1.82) is 0 Å². The van der Waals surface area contributed by atoms with E-state index in [1.165, 1.54) is 11.3 Å². The predicted octanol–water partition coefficient (Wildman–Crippen LogP) is 2.80. The zero-order chi connectivity index (χ0) is 12.6. The standard InChI is InChI=1S/C11H12IN3OS/c1-11(2,3)8-7(12)10(16)15-9(14-8)6-4-17-5-13-6/h4-5H,1-3H3,(H,14,15,16). The van der Waals surface area contributed by atoms with E-state index >= 15 is 0 Å². The fourth-order valence-corrected chi connectivity index (χ4v) is 3.01. The minimum atomic E-state index is -0.157. The van der Waals surface area contributed by atoms with E-state index in [2.05, 4.69) is 15.0 Å². The number of H-pyrrole nitrogens is 1. The zero-order valence-corrected chi connectivity index (χ0v) is 12.7. The van der Waals surface area contributed by atoms with Crippen LogP contribution < -0.4 is 5.56 Å². The monoisotopic (exact) mass is 361 g/mol. The molecule has 1 N–H and O–H groups in total. The molecule has 0 atom stereocenters. The van der Waals surface area contributed by atoms with Crippen LogP contribution in [0, 0.1) is 3.57 Å². The number of hydrogen-bond donors (Lipinski definition) is 1. The Morgan fingerprint density at radius 3 is 2.65 bits per heavy atom. The number of aromatic amines is 1. The van der Waals surface area contributed by atoms with Crippen LogP contribution in [0.3, 0.4) is 0 Å². The van der Waals surface area contributed by atoms with Crippen molar-refractivity contribution >= 4 is 33.9 Å².